The number of rotatable bonds is 1. The molecule has 3 aromatic heterocycles. The standard InChI is InChI=1S/C10H10N4O/c1-5(15)9-13-7-4-12-10-6(2-3-11-10)8(7)14-9/h2-5,15H,1H3,(H,11,12)(H,13,14)/t5-/m1/s1. The maximum Gasteiger partial charge on any atom is 0.139 e. The van der Waals surface area contributed by atoms with E-state index in [9.17, 15) is 5.11 Å². The molecular weight excluding hydrogens is 192 g/mol. The van der Waals surface area contributed by atoms with Gasteiger partial charge in [-0.1, -0.05) is 0 Å². The number of aromatic amines is 2. The van der Waals surface area contributed by atoms with E-state index < -0.39 is 6.10 Å². The summed E-state index contributed by atoms with van der Waals surface area (Å²) in [4.78, 5) is 14.6. The molecule has 0 bridgehead atoms. The summed E-state index contributed by atoms with van der Waals surface area (Å²) in [5.41, 5.74) is 2.51. The summed E-state index contributed by atoms with van der Waals surface area (Å²) in [7, 11) is 0. The van der Waals surface area contributed by atoms with Crippen LogP contribution < -0.4 is 0 Å². The summed E-state index contributed by atoms with van der Waals surface area (Å²) in [6, 6.07) is 1.94. The molecular formula is C10H10N4O. The van der Waals surface area contributed by atoms with Gasteiger partial charge in [-0.25, -0.2) is 9.97 Å². The Kier molecular flexibility index (Phi) is 1.58. The van der Waals surface area contributed by atoms with Crippen LogP contribution in [0.5, 0.6) is 0 Å². The van der Waals surface area contributed by atoms with Gasteiger partial charge in [-0.05, 0) is 13.0 Å². The quantitative estimate of drug-likeness (QED) is 0.559. The first-order chi connectivity index (χ1) is 7.25. The zero-order valence-corrected chi connectivity index (χ0v) is 8.15. The maximum atomic E-state index is 9.43. The van der Waals surface area contributed by atoms with Crippen molar-refractivity contribution >= 4 is 22.1 Å². The first kappa shape index (κ1) is 8.43. The lowest BCUT2D eigenvalue weighted by Crippen LogP contribution is -1.92. The van der Waals surface area contributed by atoms with Crippen LogP contribution in [0.3, 0.4) is 0 Å². The molecule has 3 N–H and O–H groups in total. The van der Waals surface area contributed by atoms with E-state index in [2.05, 4.69) is 19.9 Å². The first-order valence-electron chi connectivity index (χ1n) is 4.75. The SMILES string of the molecule is C[C@@H](O)c1nc2cnc3[nH]ccc3c2[nH]1. The van der Waals surface area contributed by atoms with Crippen molar-refractivity contribution in [1.82, 2.24) is 19.9 Å². The van der Waals surface area contributed by atoms with Gasteiger partial charge in [0.2, 0.25) is 0 Å². The third kappa shape index (κ3) is 1.13. The fourth-order valence-electron chi connectivity index (χ4n) is 1.70. The van der Waals surface area contributed by atoms with Gasteiger partial charge in [-0.15, -0.1) is 0 Å². The molecule has 76 valence electrons. The van der Waals surface area contributed by atoms with Crippen LogP contribution in [0.15, 0.2) is 18.5 Å². The van der Waals surface area contributed by atoms with Gasteiger partial charge >= 0.3 is 0 Å². The topological polar surface area (TPSA) is 77.6 Å². The van der Waals surface area contributed by atoms with Gasteiger partial charge in [0.05, 0.1) is 11.7 Å². The molecule has 0 fully saturated rings. The second-order valence-corrected chi connectivity index (χ2v) is 3.56. The van der Waals surface area contributed by atoms with Crippen LogP contribution in [0, 0.1) is 0 Å². The highest BCUT2D eigenvalue weighted by Gasteiger charge is 2.10. The lowest BCUT2D eigenvalue weighted by atomic mass is 10.3. The number of aromatic nitrogens is 4. The van der Waals surface area contributed by atoms with E-state index >= 15 is 0 Å². The zero-order valence-electron chi connectivity index (χ0n) is 8.15. The predicted molar refractivity (Wildman–Crippen MR) is 56.4 cm³/mol. The largest absolute Gasteiger partial charge is 0.385 e. The summed E-state index contributed by atoms with van der Waals surface area (Å²) < 4.78 is 0. The molecule has 1 atom stereocenters. The molecule has 0 aliphatic carbocycles. The number of nitrogens with one attached hydrogen (secondary N) is 2. The summed E-state index contributed by atoms with van der Waals surface area (Å²) in [6.07, 6.45) is 2.93. The second-order valence-electron chi connectivity index (χ2n) is 3.56. The minimum atomic E-state index is -0.591. The Morgan fingerprint density at radius 1 is 1.47 bits per heavy atom. The molecule has 5 heteroatoms. The van der Waals surface area contributed by atoms with Crippen molar-refractivity contribution in [2.45, 2.75) is 13.0 Å². The monoisotopic (exact) mass is 202 g/mol. The lowest BCUT2D eigenvalue weighted by Gasteiger charge is -1.95. The zero-order chi connectivity index (χ0) is 10.4. The molecule has 0 saturated carbocycles. The molecule has 3 aromatic rings. The average molecular weight is 202 g/mol. The Balaban J connectivity index is 2.41. The van der Waals surface area contributed by atoms with Crippen LogP contribution in [-0.2, 0) is 0 Å². The van der Waals surface area contributed by atoms with Crippen molar-refractivity contribution in [3.05, 3.63) is 24.3 Å². The highest BCUT2D eigenvalue weighted by Crippen LogP contribution is 2.22. The van der Waals surface area contributed by atoms with E-state index in [4.69, 9.17) is 0 Å². The van der Waals surface area contributed by atoms with Crippen molar-refractivity contribution in [2.24, 2.45) is 0 Å². The van der Waals surface area contributed by atoms with Gasteiger partial charge in [0.15, 0.2) is 0 Å². The molecule has 3 rings (SSSR count). The maximum absolute atomic E-state index is 9.43. The van der Waals surface area contributed by atoms with Crippen molar-refractivity contribution in [3.8, 4) is 0 Å². The average Bonchev–Trinajstić information content (AvgIpc) is 2.82. The van der Waals surface area contributed by atoms with Crippen molar-refractivity contribution in [2.75, 3.05) is 0 Å². The molecule has 0 saturated heterocycles. The van der Waals surface area contributed by atoms with Crippen molar-refractivity contribution < 1.29 is 5.11 Å². The Morgan fingerprint density at radius 2 is 2.33 bits per heavy atom. The molecule has 0 unspecified atom stereocenters. The molecule has 0 aromatic carbocycles. The normalized spacial score (nSPS) is 13.7. The van der Waals surface area contributed by atoms with Crippen LogP contribution in [0.4, 0.5) is 0 Å². The fraction of sp³-hybridized carbons (Fsp3) is 0.200. The van der Waals surface area contributed by atoms with Crippen LogP contribution in [-0.4, -0.2) is 25.0 Å². The van der Waals surface area contributed by atoms with Gasteiger partial charge in [0.25, 0.3) is 0 Å². The molecule has 3 heterocycles. The molecule has 5 nitrogen and oxygen atoms in total. The first-order valence-corrected chi connectivity index (χ1v) is 4.75. The Morgan fingerprint density at radius 3 is 3.13 bits per heavy atom. The van der Waals surface area contributed by atoms with Crippen LogP contribution in [0.2, 0.25) is 0 Å². The summed E-state index contributed by atoms with van der Waals surface area (Å²) >= 11 is 0. The van der Waals surface area contributed by atoms with Gasteiger partial charge < -0.3 is 15.1 Å². The lowest BCUT2D eigenvalue weighted by molar-refractivity contribution is 0.190. The molecule has 0 radical (unpaired) electrons. The van der Waals surface area contributed by atoms with Gasteiger partial charge in [-0.3, -0.25) is 0 Å². The van der Waals surface area contributed by atoms with E-state index in [0.29, 0.717) is 5.82 Å². The third-order valence-corrected chi connectivity index (χ3v) is 2.46. The van der Waals surface area contributed by atoms with Crippen molar-refractivity contribution in [1.29, 1.82) is 0 Å². The Hall–Kier alpha value is -1.88. The number of fused-ring (bicyclic) bond motifs is 3. The van der Waals surface area contributed by atoms with Gasteiger partial charge in [-0.2, -0.15) is 0 Å². The molecule has 0 aliphatic heterocycles. The number of imidazole rings is 1. The summed E-state index contributed by atoms with van der Waals surface area (Å²) in [6.45, 7) is 1.68. The summed E-state index contributed by atoms with van der Waals surface area (Å²) in [5.74, 6) is 0.570. The minimum absolute atomic E-state index is 0.570. The number of aliphatic hydroxyl groups excluding tert-OH is 1. The van der Waals surface area contributed by atoms with Crippen molar-refractivity contribution in [3.63, 3.8) is 0 Å². The molecule has 0 aliphatic rings. The molecule has 15 heavy (non-hydrogen) atoms. The van der Waals surface area contributed by atoms with Crippen LogP contribution >= 0.6 is 0 Å². The highest BCUT2D eigenvalue weighted by atomic mass is 16.3. The summed E-state index contributed by atoms with van der Waals surface area (Å²) in [5, 5.41) is 10.4. The number of aliphatic hydroxyl groups is 1. The molecule has 0 amide bonds. The van der Waals surface area contributed by atoms with E-state index in [1.54, 1.807) is 13.1 Å². The van der Waals surface area contributed by atoms with Crippen LogP contribution in [0.1, 0.15) is 18.9 Å². The van der Waals surface area contributed by atoms with E-state index in [1.165, 1.54) is 0 Å². The number of hydrogen-bond donors (Lipinski definition) is 3. The molecule has 0 spiro atoms. The third-order valence-electron chi connectivity index (χ3n) is 2.46. The number of H-pyrrole nitrogens is 2. The fourth-order valence-corrected chi connectivity index (χ4v) is 1.70. The highest BCUT2D eigenvalue weighted by molar-refractivity contribution is 6.00. The predicted octanol–water partition coefficient (Wildman–Crippen LogP) is 1.49. The minimum Gasteiger partial charge on any atom is -0.385 e. The number of nitrogens with zero attached hydrogens (tertiary/aromatic N) is 2. The second kappa shape index (κ2) is 2.80. The van der Waals surface area contributed by atoms with E-state index in [0.717, 1.165) is 22.1 Å². The van der Waals surface area contributed by atoms with Crippen LogP contribution in [0.25, 0.3) is 22.1 Å². The smallest absolute Gasteiger partial charge is 0.139 e. The Labute approximate surface area is 85.2 Å². The number of hydrogen-bond acceptors (Lipinski definition) is 3. The van der Waals surface area contributed by atoms with E-state index in [-0.39, 0.29) is 0 Å². The van der Waals surface area contributed by atoms with E-state index in [1.807, 2.05) is 12.3 Å². The number of pyridine rings is 1. The Bertz CT molecular complexity index is 622. The van der Waals surface area contributed by atoms with Gasteiger partial charge in [0.1, 0.15) is 23.1 Å². The van der Waals surface area contributed by atoms with Gasteiger partial charge in [0, 0.05) is 11.6 Å².